The van der Waals surface area contributed by atoms with Crippen molar-refractivity contribution in [1.29, 1.82) is 0 Å². The lowest BCUT2D eigenvalue weighted by molar-refractivity contribution is 0.178. The Bertz CT molecular complexity index is 470. The first-order valence-corrected chi connectivity index (χ1v) is 6.54. The molecule has 0 bridgehead atoms. The van der Waals surface area contributed by atoms with Crippen molar-refractivity contribution in [2.75, 3.05) is 0 Å². The van der Waals surface area contributed by atoms with Crippen molar-refractivity contribution in [2.45, 2.75) is 12.5 Å². The molecule has 0 radical (unpaired) electrons. The molecule has 2 aromatic rings. The molecule has 0 aliphatic rings. The zero-order valence-corrected chi connectivity index (χ0v) is 10.8. The number of thiophene rings is 1. The number of aliphatic hydroxyl groups is 1. The van der Waals surface area contributed by atoms with Crippen molar-refractivity contribution in [3.05, 3.63) is 56.4 Å². The molecular weight excluding hydrogens is 291 g/mol. The first-order valence-electron chi connectivity index (χ1n) is 4.81. The Morgan fingerprint density at radius 3 is 2.88 bits per heavy atom. The molecule has 0 saturated heterocycles. The quantitative estimate of drug-likeness (QED) is 0.911. The molecule has 0 fully saturated rings. The van der Waals surface area contributed by atoms with E-state index in [1.54, 1.807) is 17.4 Å². The Labute approximate surface area is 106 Å². The van der Waals surface area contributed by atoms with Crippen molar-refractivity contribution in [2.24, 2.45) is 0 Å². The highest BCUT2D eigenvalue weighted by atomic mass is 79.9. The molecule has 1 aromatic carbocycles. The highest BCUT2D eigenvalue weighted by molar-refractivity contribution is 9.10. The lowest BCUT2D eigenvalue weighted by Gasteiger charge is -2.10. The summed E-state index contributed by atoms with van der Waals surface area (Å²) in [5.74, 6) is -0.282. The molecule has 1 N–H and O–H groups in total. The van der Waals surface area contributed by atoms with Gasteiger partial charge in [0.2, 0.25) is 0 Å². The van der Waals surface area contributed by atoms with Gasteiger partial charge < -0.3 is 5.11 Å². The van der Waals surface area contributed by atoms with Gasteiger partial charge in [0, 0.05) is 10.9 Å². The maximum atomic E-state index is 13.0. The number of aliphatic hydroxyl groups excluding tert-OH is 1. The van der Waals surface area contributed by atoms with Crippen LogP contribution in [0.15, 0.2) is 39.5 Å². The summed E-state index contributed by atoms with van der Waals surface area (Å²) in [6, 6.07) is 6.37. The van der Waals surface area contributed by atoms with Crippen LogP contribution in [-0.4, -0.2) is 5.11 Å². The van der Waals surface area contributed by atoms with Crippen LogP contribution in [0.4, 0.5) is 4.39 Å². The second-order valence-corrected chi connectivity index (χ2v) is 5.15. The first-order chi connectivity index (χ1) is 7.66. The summed E-state index contributed by atoms with van der Waals surface area (Å²) in [6.07, 6.45) is -0.168. The van der Waals surface area contributed by atoms with E-state index in [-0.39, 0.29) is 5.82 Å². The highest BCUT2D eigenvalue weighted by Crippen LogP contribution is 2.25. The summed E-state index contributed by atoms with van der Waals surface area (Å²) < 4.78 is 13.9. The zero-order chi connectivity index (χ0) is 11.5. The van der Waals surface area contributed by atoms with E-state index in [4.69, 9.17) is 0 Å². The first kappa shape index (κ1) is 11.8. The second-order valence-electron chi connectivity index (χ2n) is 3.51. The number of hydrogen-bond donors (Lipinski definition) is 1. The summed E-state index contributed by atoms with van der Waals surface area (Å²) >= 11 is 4.89. The molecule has 84 valence electrons. The normalized spacial score (nSPS) is 12.7. The van der Waals surface area contributed by atoms with Crippen molar-refractivity contribution in [3.8, 4) is 0 Å². The Hall–Kier alpha value is -0.710. The SMILES string of the molecule is OC(Cc1cc(F)ccc1Br)c1ccsc1. The molecule has 0 aliphatic heterocycles. The molecule has 0 amide bonds. The maximum absolute atomic E-state index is 13.0. The topological polar surface area (TPSA) is 20.2 Å². The van der Waals surface area contributed by atoms with E-state index in [1.165, 1.54) is 12.1 Å². The molecule has 1 atom stereocenters. The van der Waals surface area contributed by atoms with Gasteiger partial charge >= 0.3 is 0 Å². The predicted molar refractivity (Wildman–Crippen MR) is 67.1 cm³/mol. The van der Waals surface area contributed by atoms with Gasteiger partial charge in [-0.1, -0.05) is 15.9 Å². The molecule has 1 nitrogen and oxygen atoms in total. The summed E-state index contributed by atoms with van der Waals surface area (Å²) in [4.78, 5) is 0. The average Bonchev–Trinajstić information content (AvgIpc) is 2.76. The molecular formula is C12H10BrFOS. The number of rotatable bonds is 3. The van der Waals surface area contributed by atoms with Gasteiger partial charge in [-0.3, -0.25) is 0 Å². The molecule has 1 heterocycles. The van der Waals surface area contributed by atoms with Crippen molar-refractivity contribution < 1.29 is 9.50 Å². The fourth-order valence-electron chi connectivity index (χ4n) is 1.49. The third kappa shape index (κ3) is 2.70. The van der Waals surface area contributed by atoms with Gasteiger partial charge in [-0.15, -0.1) is 0 Å². The molecule has 0 spiro atoms. The van der Waals surface area contributed by atoms with Gasteiger partial charge in [0.25, 0.3) is 0 Å². The predicted octanol–water partition coefficient (Wildman–Crippen LogP) is 3.93. The van der Waals surface area contributed by atoms with Crippen molar-refractivity contribution >= 4 is 27.3 Å². The molecule has 1 unspecified atom stereocenters. The van der Waals surface area contributed by atoms with E-state index >= 15 is 0 Å². The number of hydrogen-bond acceptors (Lipinski definition) is 2. The third-order valence-electron chi connectivity index (χ3n) is 2.35. The highest BCUT2D eigenvalue weighted by Gasteiger charge is 2.11. The van der Waals surface area contributed by atoms with Gasteiger partial charge in [-0.05, 0) is 46.2 Å². The van der Waals surface area contributed by atoms with Crippen molar-refractivity contribution in [3.63, 3.8) is 0 Å². The smallest absolute Gasteiger partial charge is 0.123 e. The Morgan fingerprint density at radius 2 is 2.19 bits per heavy atom. The van der Waals surface area contributed by atoms with Gasteiger partial charge in [0.05, 0.1) is 6.10 Å². The van der Waals surface area contributed by atoms with E-state index in [9.17, 15) is 9.50 Å². The van der Waals surface area contributed by atoms with Crippen LogP contribution in [0.3, 0.4) is 0 Å². The lowest BCUT2D eigenvalue weighted by Crippen LogP contribution is -2.01. The number of halogens is 2. The van der Waals surface area contributed by atoms with Crippen LogP contribution in [0.1, 0.15) is 17.2 Å². The van der Waals surface area contributed by atoms with E-state index in [0.29, 0.717) is 6.42 Å². The molecule has 2 rings (SSSR count). The van der Waals surface area contributed by atoms with Crippen LogP contribution in [0.2, 0.25) is 0 Å². The van der Waals surface area contributed by atoms with E-state index in [0.717, 1.165) is 15.6 Å². The van der Waals surface area contributed by atoms with E-state index < -0.39 is 6.10 Å². The van der Waals surface area contributed by atoms with Crippen LogP contribution in [0.25, 0.3) is 0 Å². The average molecular weight is 301 g/mol. The summed E-state index contributed by atoms with van der Waals surface area (Å²) in [6.45, 7) is 0. The van der Waals surface area contributed by atoms with E-state index in [2.05, 4.69) is 15.9 Å². The van der Waals surface area contributed by atoms with E-state index in [1.807, 2.05) is 16.8 Å². The summed E-state index contributed by atoms with van der Waals surface area (Å²) in [5.41, 5.74) is 1.65. The number of benzene rings is 1. The Kier molecular flexibility index (Phi) is 3.74. The molecule has 16 heavy (non-hydrogen) atoms. The Balaban J connectivity index is 2.17. The largest absolute Gasteiger partial charge is 0.388 e. The fourth-order valence-corrected chi connectivity index (χ4v) is 2.61. The zero-order valence-electron chi connectivity index (χ0n) is 8.36. The van der Waals surface area contributed by atoms with Crippen LogP contribution in [-0.2, 0) is 6.42 Å². The van der Waals surface area contributed by atoms with Gasteiger partial charge in [-0.2, -0.15) is 11.3 Å². The third-order valence-corrected chi connectivity index (χ3v) is 3.82. The molecule has 0 aliphatic carbocycles. The maximum Gasteiger partial charge on any atom is 0.123 e. The fraction of sp³-hybridized carbons (Fsp3) is 0.167. The van der Waals surface area contributed by atoms with Gasteiger partial charge in [0.1, 0.15) is 5.82 Å². The van der Waals surface area contributed by atoms with Crippen LogP contribution >= 0.6 is 27.3 Å². The molecule has 0 saturated carbocycles. The summed E-state index contributed by atoms with van der Waals surface area (Å²) in [7, 11) is 0. The monoisotopic (exact) mass is 300 g/mol. The standard InChI is InChI=1S/C12H10BrFOS/c13-11-2-1-10(14)5-9(11)6-12(15)8-3-4-16-7-8/h1-5,7,12,15H,6H2. The van der Waals surface area contributed by atoms with Crippen LogP contribution in [0.5, 0.6) is 0 Å². The molecule has 4 heteroatoms. The minimum absolute atomic E-state index is 0.282. The minimum atomic E-state index is -0.579. The van der Waals surface area contributed by atoms with Crippen molar-refractivity contribution in [1.82, 2.24) is 0 Å². The van der Waals surface area contributed by atoms with Crippen LogP contribution < -0.4 is 0 Å². The minimum Gasteiger partial charge on any atom is -0.388 e. The lowest BCUT2D eigenvalue weighted by atomic mass is 10.0. The van der Waals surface area contributed by atoms with Gasteiger partial charge in [-0.25, -0.2) is 4.39 Å². The van der Waals surface area contributed by atoms with Crippen LogP contribution in [0, 0.1) is 5.82 Å². The molecule has 1 aromatic heterocycles. The second kappa shape index (κ2) is 5.08. The van der Waals surface area contributed by atoms with Gasteiger partial charge in [0.15, 0.2) is 0 Å². The summed E-state index contributed by atoms with van der Waals surface area (Å²) in [5, 5.41) is 13.8. The Morgan fingerprint density at radius 1 is 1.38 bits per heavy atom.